The number of para-hydroxylation sites is 1. The lowest BCUT2D eigenvalue weighted by atomic mass is 9.65. The zero-order chi connectivity index (χ0) is 69.4. The first kappa shape index (κ1) is 70.9. The number of nitrogens with zero attached hydrogens (tertiary/aromatic N) is 3. The summed E-state index contributed by atoms with van der Waals surface area (Å²) in [6.45, 7) is 6.44. The second kappa shape index (κ2) is 31.7. The van der Waals surface area contributed by atoms with Gasteiger partial charge >= 0.3 is 0 Å². The maximum atomic E-state index is 14.3. The van der Waals surface area contributed by atoms with Crippen molar-refractivity contribution >= 4 is 46.8 Å². The fourth-order valence-electron chi connectivity index (χ4n) is 15.2. The molecule has 6 N–H and O–H groups in total. The number of nitrogens with one attached hydrogen (secondary N) is 3. The smallest absolute Gasteiger partial charge is 0.252 e. The first-order chi connectivity index (χ1) is 48.0. The van der Waals surface area contributed by atoms with Crippen molar-refractivity contribution < 1.29 is 96.2 Å². The van der Waals surface area contributed by atoms with Gasteiger partial charge in [-0.15, -0.1) is 0 Å². The van der Waals surface area contributed by atoms with Crippen molar-refractivity contribution in [3.63, 3.8) is 0 Å². The third-order valence-electron chi connectivity index (χ3n) is 20.6. The number of fused-ring (bicyclic) bond motifs is 8. The Hall–Kier alpha value is -7.91. The number of aromatic hydroxyl groups is 2. The Labute approximate surface area is 574 Å². The lowest BCUT2D eigenvalue weighted by molar-refractivity contribution is -0.256. The number of rotatable bonds is 26. The van der Waals surface area contributed by atoms with E-state index in [1.54, 1.807) is 4.90 Å². The van der Waals surface area contributed by atoms with Gasteiger partial charge in [-0.3, -0.25) is 38.5 Å². The molecule has 4 aromatic carbocycles. The number of phenols is 2. The van der Waals surface area contributed by atoms with Crippen molar-refractivity contribution in [3.05, 3.63) is 117 Å². The Bertz CT molecular complexity index is 3720. The minimum Gasteiger partial charge on any atom is -0.507 e. The molecule has 4 saturated heterocycles. The summed E-state index contributed by atoms with van der Waals surface area (Å²) in [4.78, 5) is 101. The SMILES string of the molecule is COc1cccc2c1C(=O)c1c(O)c3c(c(O)c1C2=O)C[C@@](O)(C(=O)NCC(=O)NCCOCCOCCOCCOCCC(=O)N1CCC2(CCC(C(=O)NCCC(=O)N4Cc5ccccc5C#Cc5ccccc54)CC2)CC1)C[C@@H]3O[C@H]1C[C@H]2[C@H](O[C@@H]3[C@@H](OC)OCCN32)[C@H](C)O1. The van der Waals surface area contributed by atoms with Crippen molar-refractivity contribution in [1.82, 2.24) is 25.8 Å². The van der Waals surface area contributed by atoms with Gasteiger partial charge in [0, 0.05) is 105 Å². The molecule has 12 rings (SSSR count). The fraction of sp³-hybridized carbons (Fsp3) is 0.548. The van der Waals surface area contributed by atoms with Crippen LogP contribution in [0, 0.1) is 23.2 Å². The van der Waals surface area contributed by atoms with Gasteiger partial charge in [0.15, 0.2) is 24.6 Å². The Morgan fingerprint density at radius 1 is 0.707 bits per heavy atom. The number of aliphatic hydroxyl groups is 1. The average Bonchev–Trinajstić information content (AvgIpc) is 1.21. The maximum absolute atomic E-state index is 14.3. The number of ether oxygens (including phenoxy) is 10. The van der Waals surface area contributed by atoms with Gasteiger partial charge in [0.2, 0.25) is 29.4 Å². The molecule has 5 amide bonds. The first-order valence-electron chi connectivity index (χ1n) is 34.4. The van der Waals surface area contributed by atoms with Crippen LogP contribution in [-0.2, 0) is 79.6 Å². The van der Waals surface area contributed by atoms with E-state index in [9.17, 15) is 48.9 Å². The van der Waals surface area contributed by atoms with Gasteiger partial charge < -0.3 is 88.4 Å². The largest absolute Gasteiger partial charge is 0.507 e. The second-order valence-electron chi connectivity index (χ2n) is 26.5. The number of carbonyl (C=O) groups excluding carboxylic acids is 7. The molecule has 1 spiro atoms. The lowest BCUT2D eigenvalue weighted by Crippen LogP contribution is -2.55. The summed E-state index contributed by atoms with van der Waals surface area (Å²) in [6, 6.07) is 19.7. The van der Waals surface area contributed by atoms with Gasteiger partial charge in [0.25, 0.3) is 5.91 Å². The van der Waals surface area contributed by atoms with E-state index in [4.69, 9.17) is 47.4 Å². The van der Waals surface area contributed by atoms with Crippen LogP contribution in [0.15, 0.2) is 66.7 Å². The van der Waals surface area contributed by atoms with Gasteiger partial charge in [-0.05, 0) is 80.7 Å². The Morgan fingerprint density at radius 2 is 1.39 bits per heavy atom. The Balaban J connectivity index is 0.510. The lowest BCUT2D eigenvalue weighted by Gasteiger charge is -2.45. The van der Waals surface area contributed by atoms with E-state index < -0.39 is 108 Å². The molecule has 5 heterocycles. The number of hydrogen-bond acceptors (Lipinski definition) is 21. The minimum atomic E-state index is -2.39. The van der Waals surface area contributed by atoms with Crippen LogP contribution in [0.25, 0.3) is 0 Å². The number of piperidine rings is 1. The molecule has 26 nitrogen and oxygen atoms in total. The van der Waals surface area contributed by atoms with Crippen LogP contribution in [0.4, 0.5) is 5.69 Å². The van der Waals surface area contributed by atoms with E-state index in [0.717, 1.165) is 60.9 Å². The van der Waals surface area contributed by atoms with Gasteiger partial charge in [-0.2, -0.15) is 0 Å². The average molecular weight is 1370 g/mol. The molecule has 8 atom stereocenters. The second-order valence-corrected chi connectivity index (χ2v) is 26.5. The standard InChI is InChI=1S/C73H88N6O20/c1-44-67-52(78-29-32-96-70(91-3)69(78)99-67)39-58(97-44)98-54-41-73(89,40-50-60(54)66(86)62-61(64(50)84)63(83)49-12-8-14-53(90-2)59(49)65(62)85)71(88)76-42-55(80)74-26-31-93-34-36-95-38-37-94-35-33-92-30-20-56(81)77-27-23-72(24-28-77)21-17-47(18-22-72)68(87)75-25-19-57(82)79-43-48-11-5-4-9-45(48)15-16-46-10-6-7-13-51(46)79/h4-14,44,47,52,54,58,67,69-70,84,86,89H,17-43H2,1-3H3,(H,74,80)(H,75,87)(H,76,88)/t44-,52-,54-,58-,67+,69+,70-,73-/m0/s1. The summed E-state index contributed by atoms with van der Waals surface area (Å²) in [5.74, 6) is 1.87. The van der Waals surface area contributed by atoms with Gasteiger partial charge in [-0.25, -0.2) is 0 Å². The van der Waals surface area contributed by atoms with Crippen LogP contribution in [0.3, 0.4) is 0 Å². The van der Waals surface area contributed by atoms with E-state index in [1.807, 2.05) is 60.4 Å². The third-order valence-corrected chi connectivity index (χ3v) is 20.6. The monoisotopic (exact) mass is 1370 g/mol. The first-order valence-corrected chi connectivity index (χ1v) is 34.4. The number of ketones is 2. The predicted octanol–water partition coefficient (Wildman–Crippen LogP) is 4.09. The number of phenolic OH excluding ortho intramolecular Hbond substituents is 2. The third kappa shape index (κ3) is 15.5. The van der Waals surface area contributed by atoms with Crippen molar-refractivity contribution in [2.45, 2.75) is 133 Å². The fourth-order valence-corrected chi connectivity index (χ4v) is 15.2. The summed E-state index contributed by atoms with van der Waals surface area (Å²) in [6.07, 6.45) is 0.227. The van der Waals surface area contributed by atoms with Crippen molar-refractivity contribution in [3.8, 4) is 29.1 Å². The quantitative estimate of drug-likeness (QED) is 0.0258. The highest BCUT2D eigenvalue weighted by Gasteiger charge is 2.56. The molecular formula is C73H88N6O20. The molecule has 26 heteroatoms. The Kier molecular flexibility index (Phi) is 22.7. The highest BCUT2D eigenvalue weighted by atomic mass is 16.7. The van der Waals surface area contributed by atoms with Gasteiger partial charge in [-0.1, -0.05) is 54.3 Å². The molecule has 8 aliphatic rings. The number of methoxy groups -OCH3 is 2. The number of anilines is 1. The van der Waals surface area contributed by atoms with E-state index in [2.05, 4.69) is 32.7 Å². The molecular weight excluding hydrogens is 1280 g/mol. The number of amides is 5. The van der Waals surface area contributed by atoms with E-state index >= 15 is 0 Å². The molecule has 0 unspecified atom stereocenters. The predicted molar refractivity (Wildman–Crippen MR) is 353 cm³/mol. The zero-order valence-corrected chi connectivity index (χ0v) is 56.2. The minimum absolute atomic E-state index is 0.00114. The number of morpholine rings is 1. The van der Waals surface area contributed by atoms with Crippen LogP contribution in [-0.4, -0.2) is 222 Å². The van der Waals surface area contributed by atoms with Gasteiger partial charge in [0.1, 0.15) is 29.0 Å². The van der Waals surface area contributed by atoms with Crippen LogP contribution < -0.4 is 25.6 Å². The van der Waals surface area contributed by atoms with E-state index in [0.29, 0.717) is 59.2 Å². The molecule has 4 aromatic rings. The van der Waals surface area contributed by atoms with Crippen LogP contribution in [0.5, 0.6) is 17.2 Å². The number of hydrogen-bond donors (Lipinski definition) is 6. The van der Waals surface area contributed by atoms with Crippen molar-refractivity contribution in [2.24, 2.45) is 11.3 Å². The summed E-state index contributed by atoms with van der Waals surface area (Å²) in [5.41, 5.74) is -0.302. The summed E-state index contributed by atoms with van der Waals surface area (Å²) < 4.78 is 58.6. The topological polar surface area (TPSA) is 318 Å². The molecule has 5 fully saturated rings. The van der Waals surface area contributed by atoms with Crippen LogP contribution in [0.1, 0.15) is 137 Å². The molecule has 5 aliphatic heterocycles. The van der Waals surface area contributed by atoms with E-state index in [1.165, 1.54) is 32.4 Å². The highest BCUT2D eigenvalue weighted by Crippen LogP contribution is 2.53. The molecule has 3 aliphatic carbocycles. The maximum Gasteiger partial charge on any atom is 0.252 e. The molecule has 530 valence electrons. The number of carbonyl (C=O) groups is 7. The molecule has 0 bridgehead atoms. The molecule has 0 aromatic heterocycles. The van der Waals surface area contributed by atoms with Crippen molar-refractivity contribution in [1.29, 1.82) is 0 Å². The Morgan fingerprint density at radius 3 is 2.13 bits per heavy atom. The molecule has 1 saturated carbocycles. The van der Waals surface area contributed by atoms with E-state index in [-0.39, 0.29) is 122 Å². The van der Waals surface area contributed by atoms with Crippen molar-refractivity contribution in [2.75, 3.05) is 118 Å². The van der Waals surface area contributed by atoms with Crippen LogP contribution >= 0.6 is 0 Å². The molecule has 0 radical (unpaired) electrons. The normalized spacial score (nSPS) is 24.5. The summed E-state index contributed by atoms with van der Waals surface area (Å²) >= 11 is 0. The van der Waals surface area contributed by atoms with Crippen LogP contribution in [0.2, 0.25) is 0 Å². The number of benzene rings is 4. The summed E-state index contributed by atoms with van der Waals surface area (Å²) in [5, 5.41) is 44.7. The molecule has 99 heavy (non-hydrogen) atoms. The van der Waals surface area contributed by atoms with Gasteiger partial charge in [0.05, 0.1) is 121 Å². The summed E-state index contributed by atoms with van der Waals surface area (Å²) in [7, 11) is 2.86. The highest BCUT2D eigenvalue weighted by molar-refractivity contribution is 6.31. The zero-order valence-electron chi connectivity index (χ0n) is 56.2. The number of likely N-dealkylation sites (tertiary alicyclic amines) is 1.